The molecule has 0 bridgehead atoms. The van der Waals surface area contributed by atoms with Crippen molar-refractivity contribution in [2.24, 2.45) is 0 Å². The molecule has 4 rings (SSSR count). The lowest BCUT2D eigenvalue weighted by atomic mass is 9.96. The maximum absolute atomic E-state index is 6.39. The summed E-state index contributed by atoms with van der Waals surface area (Å²) in [5.41, 5.74) is 3.89. The van der Waals surface area contributed by atoms with Gasteiger partial charge in [0.15, 0.2) is 0 Å². The van der Waals surface area contributed by atoms with Crippen molar-refractivity contribution in [3.8, 4) is 11.3 Å². The van der Waals surface area contributed by atoms with Gasteiger partial charge in [0.1, 0.15) is 12.8 Å². The third kappa shape index (κ3) is 3.55. The van der Waals surface area contributed by atoms with Crippen LogP contribution in [0.3, 0.4) is 0 Å². The third-order valence-electron chi connectivity index (χ3n) is 4.19. The van der Waals surface area contributed by atoms with Gasteiger partial charge in [0.05, 0.1) is 29.0 Å². The van der Waals surface area contributed by atoms with E-state index in [1.165, 1.54) is 11.5 Å². The van der Waals surface area contributed by atoms with Crippen LogP contribution in [0.5, 0.6) is 0 Å². The highest BCUT2D eigenvalue weighted by Crippen LogP contribution is 2.43. The Morgan fingerprint density at radius 3 is 2.84 bits per heavy atom. The molecule has 1 aliphatic carbocycles. The first-order chi connectivity index (χ1) is 11.9. The Labute approximate surface area is 156 Å². The van der Waals surface area contributed by atoms with Crippen LogP contribution in [0.25, 0.3) is 11.3 Å². The smallest absolute Gasteiger partial charge is 0.227 e. The summed E-state index contributed by atoms with van der Waals surface area (Å²) in [5.74, 6) is 0.450. The minimum absolute atomic E-state index is 0.125. The topological polar surface area (TPSA) is 68.5 Å². The number of nitrogens with zero attached hydrogens (tertiary/aromatic N) is 5. The lowest BCUT2D eigenvalue weighted by Gasteiger charge is -2.10. The number of anilines is 2. The summed E-state index contributed by atoms with van der Waals surface area (Å²) >= 11 is 7.75. The van der Waals surface area contributed by atoms with E-state index >= 15 is 0 Å². The maximum Gasteiger partial charge on any atom is 0.227 e. The number of halogens is 1. The molecule has 6 nitrogen and oxygen atoms in total. The number of hydrogen-bond acceptors (Lipinski definition) is 6. The van der Waals surface area contributed by atoms with Crippen molar-refractivity contribution in [2.45, 2.75) is 38.1 Å². The van der Waals surface area contributed by atoms with Crippen LogP contribution in [0.2, 0.25) is 0 Å². The SMILES string of the molecule is [B]c1nc(Nc2cc(C)ns2)nc(-c2cnn(CC3(Cl)CC3)c2)c1C. The van der Waals surface area contributed by atoms with Crippen LogP contribution >= 0.6 is 23.1 Å². The second-order valence-corrected chi connectivity index (χ2v) is 8.05. The average Bonchev–Trinajstić information content (AvgIpc) is 2.95. The van der Waals surface area contributed by atoms with Gasteiger partial charge < -0.3 is 5.32 Å². The van der Waals surface area contributed by atoms with Crippen LogP contribution < -0.4 is 10.9 Å². The molecule has 0 aliphatic heterocycles. The number of hydrogen-bond donors (Lipinski definition) is 1. The van der Waals surface area contributed by atoms with E-state index in [0.29, 0.717) is 18.1 Å². The van der Waals surface area contributed by atoms with Crippen molar-refractivity contribution in [1.29, 1.82) is 0 Å². The Balaban J connectivity index is 1.64. The van der Waals surface area contributed by atoms with Gasteiger partial charge in [-0.1, -0.05) is 0 Å². The second kappa shape index (κ2) is 6.11. The van der Waals surface area contributed by atoms with Crippen LogP contribution in [0.15, 0.2) is 18.5 Å². The molecule has 1 saturated carbocycles. The lowest BCUT2D eigenvalue weighted by molar-refractivity contribution is 0.583. The van der Waals surface area contributed by atoms with E-state index in [-0.39, 0.29) is 4.87 Å². The van der Waals surface area contributed by atoms with Gasteiger partial charge in [-0.05, 0) is 55.4 Å². The maximum atomic E-state index is 6.39. The molecule has 0 spiro atoms. The van der Waals surface area contributed by atoms with E-state index in [9.17, 15) is 0 Å². The molecule has 0 unspecified atom stereocenters. The standard InChI is InChI=1S/C16H16BClN6S/c1-9-5-12(25-23-9)20-15-21-13(10(2)14(17)22-15)11-6-19-24(7-11)8-16(18)3-4-16/h5-7H,3-4,8H2,1-2H3,(H,20,21,22). The zero-order chi connectivity index (χ0) is 17.6. The van der Waals surface area contributed by atoms with Crippen LogP contribution in [0.4, 0.5) is 10.9 Å². The zero-order valence-electron chi connectivity index (χ0n) is 14.0. The fraction of sp³-hybridized carbons (Fsp3) is 0.375. The molecule has 3 aromatic heterocycles. The number of rotatable bonds is 5. The first kappa shape index (κ1) is 16.5. The largest absolute Gasteiger partial charge is 0.314 e. The molecule has 1 aliphatic rings. The fourth-order valence-electron chi connectivity index (χ4n) is 2.56. The van der Waals surface area contributed by atoms with Crippen LogP contribution in [-0.4, -0.2) is 36.8 Å². The van der Waals surface area contributed by atoms with Crippen LogP contribution in [0.1, 0.15) is 24.1 Å². The van der Waals surface area contributed by atoms with Gasteiger partial charge >= 0.3 is 0 Å². The Kier molecular flexibility index (Phi) is 4.04. The predicted molar refractivity (Wildman–Crippen MR) is 101 cm³/mol. The monoisotopic (exact) mass is 370 g/mol. The Hall–Kier alpha value is -1.93. The van der Waals surface area contributed by atoms with Crippen molar-refractivity contribution in [3.63, 3.8) is 0 Å². The summed E-state index contributed by atoms with van der Waals surface area (Å²) in [5, 5.41) is 8.45. The van der Waals surface area contributed by atoms with Crippen molar-refractivity contribution in [3.05, 3.63) is 29.7 Å². The van der Waals surface area contributed by atoms with Crippen molar-refractivity contribution in [2.75, 3.05) is 5.32 Å². The minimum Gasteiger partial charge on any atom is -0.314 e. The Morgan fingerprint density at radius 2 is 2.16 bits per heavy atom. The van der Waals surface area contributed by atoms with E-state index in [0.717, 1.165) is 40.4 Å². The van der Waals surface area contributed by atoms with E-state index in [1.807, 2.05) is 30.8 Å². The average molecular weight is 371 g/mol. The number of aromatic nitrogens is 5. The molecule has 25 heavy (non-hydrogen) atoms. The molecular formula is C16H16BClN6S. The van der Waals surface area contributed by atoms with Gasteiger partial charge in [-0.15, -0.1) is 11.6 Å². The summed E-state index contributed by atoms with van der Waals surface area (Å²) < 4.78 is 6.11. The molecule has 0 saturated heterocycles. The first-order valence-electron chi connectivity index (χ1n) is 7.98. The summed E-state index contributed by atoms with van der Waals surface area (Å²) in [6.45, 7) is 4.56. The summed E-state index contributed by atoms with van der Waals surface area (Å²) in [6, 6.07) is 1.94. The van der Waals surface area contributed by atoms with Gasteiger partial charge in [-0.3, -0.25) is 4.68 Å². The molecule has 1 fully saturated rings. The molecule has 3 heterocycles. The molecule has 0 atom stereocenters. The lowest BCUT2D eigenvalue weighted by Crippen LogP contribution is -2.17. The highest BCUT2D eigenvalue weighted by molar-refractivity contribution is 7.10. The zero-order valence-corrected chi connectivity index (χ0v) is 15.5. The van der Waals surface area contributed by atoms with Crippen molar-refractivity contribution in [1.82, 2.24) is 24.1 Å². The Bertz CT molecular complexity index is 933. The quantitative estimate of drug-likeness (QED) is 0.552. The molecule has 0 amide bonds. The summed E-state index contributed by atoms with van der Waals surface area (Å²) in [4.78, 5) is 8.82. The predicted octanol–water partition coefficient (Wildman–Crippen LogP) is 2.72. The molecule has 126 valence electrons. The molecule has 2 radical (unpaired) electrons. The highest BCUT2D eigenvalue weighted by atomic mass is 35.5. The van der Waals surface area contributed by atoms with E-state index in [2.05, 4.69) is 24.8 Å². The van der Waals surface area contributed by atoms with E-state index in [1.54, 1.807) is 6.20 Å². The fourth-order valence-corrected chi connectivity index (χ4v) is 3.43. The van der Waals surface area contributed by atoms with E-state index < -0.39 is 0 Å². The normalized spacial score (nSPS) is 15.3. The van der Waals surface area contributed by atoms with Gasteiger partial charge in [-0.25, -0.2) is 9.97 Å². The van der Waals surface area contributed by atoms with Crippen molar-refractivity contribution < 1.29 is 0 Å². The van der Waals surface area contributed by atoms with Gasteiger partial charge in [-0.2, -0.15) is 9.47 Å². The number of aryl methyl sites for hydroxylation is 1. The third-order valence-corrected chi connectivity index (χ3v) is 5.48. The second-order valence-electron chi connectivity index (χ2n) is 6.44. The van der Waals surface area contributed by atoms with Gasteiger partial charge in [0.25, 0.3) is 0 Å². The number of nitrogens with one attached hydrogen (secondary N) is 1. The van der Waals surface area contributed by atoms with Gasteiger partial charge in [0, 0.05) is 11.8 Å². The highest BCUT2D eigenvalue weighted by Gasteiger charge is 2.41. The molecule has 9 heteroatoms. The van der Waals surface area contributed by atoms with Crippen LogP contribution in [0, 0.1) is 13.8 Å². The molecular weight excluding hydrogens is 355 g/mol. The summed E-state index contributed by atoms with van der Waals surface area (Å²) in [7, 11) is 6.08. The van der Waals surface area contributed by atoms with Crippen LogP contribution in [-0.2, 0) is 6.54 Å². The van der Waals surface area contributed by atoms with E-state index in [4.69, 9.17) is 19.4 Å². The summed E-state index contributed by atoms with van der Waals surface area (Å²) in [6.07, 6.45) is 5.81. The van der Waals surface area contributed by atoms with Gasteiger partial charge in [0.2, 0.25) is 5.95 Å². The minimum atomic E-state index is -0.125. The first-order valence-corrected chi connectivity index (χ1v) is 9.13. The van der Waals surface area contributed by atoms with Crippen molar-refractivity contribution >= 4 is 47.5 Å². The molecule has 1 N–H and O–H groups in total. The molecule has 0 aromatic carbocycles. The Morgan fingerprint density at radius 1 is 1.36 bits per heavy atom. The molecule has 3 aromatic rings. The number of alkyl halides is 1.